The number of hydrogen-bond acceptors (Lipinski definition) is 3. The minimum atomic E-state index is -0.174. The van der Waals surface area contributed by atoms with Gasteiger partial charge in [-0.2, -0.15) is 5.10 Å². The first kappa shape index (κ1) is 15.8. The van der Waals surface area contributed by atoms with Crippen molar-refractivity contribution in [3.8, 4) is 5.75 Å². The van der Waals surface area contributed by atoms with Gasteiger partial charge in [-0.25, -0.2) is 4.68 Å². The molecule has 0 radical (unpaired) electrons. The van der Waals surface area contributed by atoms with Crippen molar-refractivity contribution < 1.29 is 9.53 Å². The van der Waals surface area contributed by atoms with E-state index < -0.39 is 0 Å². The Morgan fingerprint density at radius 3 is 2.50 bits per heavy atom. The number of nitrogens with zero attached hydrogens (tertiary/aromatic N) is 2. The maximum atomic E-state index is 12.4. The zero-order valence-electron chi connectivity index (χ0n) is 13.7. The summed E-state index contributed by atoms with van der Waals surface area (Å²) in [6, 6.07) is 18.9. The van der Waals surface area contributed by atoms with Crippen molar-refractivity contribution in [3.63, 3.8) is 0 Å². The molecule has 0 saturated heterocycles. The standard InChI is InChI=1S/C19H19N3O2/c1-14-12-18(22(21-14)13-15-6-4-3-5-7-15)20-19(23)16-8-10-17(24-2)11-9-16/h3-12H,13H2,1-2H3,(H,20,23). The summed E-state index contributed by atoms with van der Waals surface area (Å²) in [5, 5.41) is 7.39. The molecule has 2 aromatic carbocycles. The van der Waals surface area contributed by atoms with Crippen molar-refractivity contribution in [2.24, 2.45) is 0 Å². The first-order valence-corrected chi connectivity index (χ1v) is 7.69. The van der Waals surface area contributed by atoms with E-state index in [-0.39, 0.29) is 5.91 Å². The van der Waals surface area contributed by atoms with E-state index in [4.69, 9.17) is 4.74 Å². The molecule has 24 heavy (non-hydrogen) atoms. The van der Waals surface area contributed by atoms with Crippen LogP contribution in [0, 0.1) is 6.92 Å². The summed E-state index contributed by atoms with van der Waals surface area (Å²) in [5.74, 6) is 1.22. The SMILES string of the molecule is COc1ccc(C(=O)Nc2cc(C)nn2Cc2ccccc2)cc1. The smallest absolute Gasteiger partial charge is 0.256 e. The van der Waals surface area contributed by atoms with Crippen molar-refractivity contribution in [3.05, 3.63) is 77.5 Å². The van der Waals surface area contributed by atoms with E-state index in [1.165, 1.54) is 0 Å². The summed E-state index contributed by atoms with van der Waals surface area (Å²) >= 11 is 0. The van der Waals surface area contributed by atoms with Gasteiger partial charge in [0.2, 0.25) is 0 Å². The molecule has 0 unspecified atom stereocenters. The fourth-order valence-corrected chi connectivity index (χ4v) is 2.45. The topological polar surface area (TPSA) is 56.1 Å². The molecular weight excluding hydrogens is 302 g/mol. The molecule has 3 aromatic rings. The number of carbonyl (C=O) groups excluding carboxylic acids is 1. The second-order valence-corrected chi connectivity index (χ2v) is 5.50. The number of aromatic nitrogens is 2. The Morgan fingerprint density at radius 1 is 1.12 bits per heavy atom. The molecule has 1 amide bonds. The lowest BCUT2D eigenvalue weighted by Gasteiger charge is -2.09. The van der Waals surface area contributed by atoms with E-state index in [0.29, 0.717) is 17.9 Å². The van der Waals surface area contributed by atoms with Crippen molar-refractivity contribution in [1.29, 1.82) is 0 Å². The van der Waals surface area contributed by atoms with Crippen molar-refractivity contribution in [2.45, 2.75) is 13.5 Å². The Balaban J connectivity index is 1.78. The highest BCUT2D eigenvalue weighted by Crippen LogP contribution is 2.16. The second kappa shape index (κ2) is 7.00. The molecule has 5 nitrogen and oxygen atoms in total. The van der Waals surface area contributed by atoms with E-state index in [1.807, 2.05) is 43.3 Å². The largest absolute Gasteiger partial charge is 0.497 e. The number of nitrogens with one attached hydrogen (secondary N) is 1. The third kappa shape index (κ3) is 3.63. The predicted octanol–water partition coefficient (Wildman–Crippen LogP) is 3.50. The number of amides is 1. The fourth-order valence-electron chi connectivity index (χ4n) is 2.45. The number of benzene rings is 2. The van der Waals surface area contributed by atoms with E-state index >= 15 is 0 Å². The molecule has 122 valence electrons. The van der Waals surface area contributed by atoms with Crippen LogP contribution < -0.4 is 10.1 Å². The summed E-state index contributed by atoms with van der Waals surface area (Å²) in [4.78, 5) is 12.4. The van der Waals surface area contributed by atoms with Crippen LogP contribution in [0.15, 0.2) is 60.7 Å². The van der Waals surface area contributed by atoms with Crippen LogP contribution in [-0.4, -0.2) is 22.8 Å². The maximum absolute atomic E-state index is 12.4. The quantitative estimate of drug-likeness (QED) is 0.782. The van der Waals surface area contributed by atoms with Gasteiger partial charge in [0.15, 0.2) is 0 Å². The molecule has 0 aliphatic carbocycles. The van der Waals surface area contributed by atoms with Crippen LogP contribution in [0.3, 0.4) is 0 Å². The van der Waals surface area contributed by atoms with E-state index in [9.17, 15) is 4.79 Å². The lowest BCUT2D eigenvalue weighted by molar-refractivity contribution is 0.102. The molecule has 0 bridgehead atoms. The lowest BCUT2D eigenvalue weighted by Crippen LogP contribution is -2.16. The summed E-state index contributed by atoms with van der Waals surface area (Å²) in [6.07, 6.45) is 0. The van der Waals surface area contributed by atoms with Crippen LogP contribution in [0.2, 0.25) is 0 Å². The Kier molecular flexibility index (Phi) is 4.61. The van der Waals surface area contributed by atoms with Gasteiger partial charge in [0.25, 0.3) is 5.91 Å². The van der Waals surface area contributed by atoms with Gasteiger partial charge < -0.3 is 10.1 Å². The Hall–Kier alpha value is -3.08. The number of aryl methyl sites for hydroxylation is 1. The number of rotatable bonds is 5. The van der Waals surface area contributed by atoms with Crippen LogP contribution in [0.5, 0.6) is 5.75 Å². The summed E-state index contributed by atoms with van der Waals surface area (Å²) in [6.45, 7) is 2.51. The number of hydrogen-bond donors (Lipinski definition) is 1. The molecule has 0 atom stereocenters. The lowest BCUT2D eigenvalue weighted by atomic mass is 10.2. The molecule has 1 aromatic heterocycles. The zero-order chi connectivity index (χ0) is 16.9. The van der Waals surface area contributed by atoms with Gasteiger partial charge in [-0.05, 0) is 36.8 Å². The van der Waals surface area contributed by atoms with Crippen molar-refractivity contribution in [2.75, 3.05) is 12.4 Å². The van der Waals surface area contributed by atoms with Gasteiger partial charge in [0.05, 0.1) is 19.3 Å². The van der Waals surface area contributed by atoms with Crippen LogP contribution in [0.1, 0.15) is 21.6 Å². The van der Waals surface area contributed by atoms with Gasteiger partial charge >= 0.3 is 0 Å². The van der Waals surface area contributed by atoms with E-state index in [2.05, 4.69) is 10.4 Å². The maximum Gasteiger partial charge on any atom is 0.256 e. The molecule has 0 aliphatic rings. The molecule has 1 heterocycles. The average molecular weight is 321 g/mol. The van der Waals surface area contributed by atoms with Gasteiger partial charge in [-0.15, -0.1) is 0 Å². The van der Waals surface area contributed by atoms with E-state index in [0.717, 1.165) is 17.0 Å². The number of anilines is 1. The monoisotopic (exact) mass is 321 g/mol. The summed E-state index contributed by atoms with van der Waals surface area (Å²) in [7, 11) is 1.60. The minimum Gasteiger partial charge on any atom is -0.497 e. The van der Waals surface area contributed by atoms with Crippen molar-refractivity contribution >= 4 is 11.7 Å². The molecule has 0 spiro atoms. The molecule has 1 N–H and O–H groups in total. The molecule has 5 heteroatoms. The Bertz CT molecular complexity index is 824. The van der Waals surface area contributed by atoms with Gasteiger partial charge in [-0.3, -0.25) is 4.79 Å². The number of carbonyl (C=O) groups is 1. The van der Waals surface area contributed by atoms with Crippen molar-refractivity contribution in [1.82, 2.24) is 9.78 Å². The van der Waals surface area contributed by atoms with Gasteiger partial charge in [0.1, 0.15) is 11.6 Å². The van der Waals surface area contributed by atoms with Crippen LogP contribution in [0.25, 0.3) is 0 Å². The molecule has 3 rings (SSSR count). The highest BCUT2D eigenvalue weighted by atomic mass is 16.5. The zero-order valence-corrected chi connectivity index (χ0v) is 13.7. The van der Waals surface area contributed by atoms with Crippen LogP contribution >= 0.6 is 0 Å². The number of methoxy groups -OCH3 is 1. The Morgan fingerprint density at radius 2 is 1.83 bits per heavy atom. The molecule has 0 fully saturated rings. The highest BCUT2D eigenvalue weighted by molar-refractivity contribution is 6.03. The third-order valence-corrected chi connectivity index (χ3v) is 3.67. The first-order chi connectivity index (χ1) is 11.7. The minimum absolute atomic E-state index is 0.174. The predicted molar refractivity (Wildman–Crippen MR) is 93.5 cm³/mol. The summed E-state index contributed by atoms with van der Waals surface area (Å²) < 4.78 is 6.91. The van der Waals surface area contributed by atoms with Gasteiger partial charge in [0, 0.05) is 11.6 Å². The molecule has 0 saturated carbocycles. The summed E-state index contributed by atoms with van der Waals surface area (Å²) in [5.41, 5.74) is 2.55. The third-order valence-electron chi connectivity index (χ3n) is 3.67. The van der Waals surface area contributed by atoms with Crippen LogP contribution in [-0.2, 0) is 6.54 Å². The normalized spacial score (nSPS) is 10.4. The second-order valence-electron chi connectivity index (χ2n) is 5.50. The van der Waals surface area contributed by atoms with Gasteiger partial charge in [-0.1, -0.05) is 30.3 Å². The first-order valence-electron chi connectivity index (χ1n) is 7.69. The molecular formula is C19H19N3O2. The van der Waals surface area contributed by atoms with E-state index in [1.54, 1.807) is 36.1 Å². The average Bonchev–Trinajstić information content (AvgIpc) is 2.95. The fraction of sp³-hybridized carbons (Fsp3) is 0.158. The molecule has 0 aliphatic heterocycles. The number of ether oxygens (including phenoxy) is 1. The highest BCUT2D eigenvalue weighted by Gasteiger charge is 2.11. The Labute approximate surface area is 140 Å². The van der Waals surface area contributed by atoms with Crippen LogP contribution in [0.4, 0.5) is 5.82 Å².